The minimum atomic E-state index is -0.966. The van der Waals surface area contributed by atoms with Gasteiger partial charge in [0.15, 0.2) is 5.82 Å². The van der Waals surface area contributed by atoms with E-state index in [4.69, 9.17) is 5.11 Å². The molecule has 2 N–H and O–H groups in total. The fraction of sp³-hybridized carbons (Fsp3) is 0.235. The van der Waals surface area contributed by atoms with Crippen molar-refractivity contribution < 1.29 is 9.90 Å². The lowest BCUT2D eigenvalue weighted by Gasteiger charge is -2.13. The number of aromatic nitrogens is 5. The summed E-state index contributed by atoms with van der Waals surface area (Å²) in [6.45, 7) is 6.08. The van der Waals surface area contributed by atoms with Crippen molar-refractivity contribution in [3.63, 3.8) is 0 Å². The van der Waals surface area contributed by atoms with Crippen molar-refractivity contribution in [2.24, 2.45) is 0 Å². The van der Waals surface area contributed by atoms with E-state index in [0.717, 1.165) is 11.5 Å². The largest absolute Gasteiger partial charge is 0.478 e. The Morgan fingerprint density at radius 2 is 1.88 bits per heavy atom. The summed E-state index contributed by atoms with van der Waals surface area (Å²) < 4.78 is 2.06. The molecule has 8 heteroatoms. The normalized spacial score (nSPS) is 10.9. The van der Waals surface area contributed by atoms with Gasteiger partial charge in [0.2, 0.25) is 5.95 Å². The van der Waals surface area contributed by atoms with Crippen molar-refractivity contribution in [2.75, 3.05) is 5.32 Å². The monoisotopic (exact) mass is 338 g/mol. The summed E-state index contributed by atoms with van der Waals surface area (Å²) >= 11 is 0. The number of aromatic carboxylic acids is 1. The van der Waals surface area contributed by atoms with Crippen molar-refractivity contribution in [1.82, 2.24) is 24.5 Å². The van der Waals surface area contributed by atoms with Gasteiger partial charge in [0, 0.05) is 11.7 Å². The van der Waals surface area contributed by atoms with E-state index in [1.165, 1.54) is 18.5 Å². The number of aryl methyl sites for hydroxylation is 1. The third-order valence-corrected chi connectivity index (χ3v) is 3.69. The molecule has 2 aromatic heterocycles. The van der Waals surface area contributed by atoms with Crippen LogP contribution >= 0.6 is 0 Å². The first kappa shape index (κ1) is 16.6. The fourth-order valence-corrected chi connectivity index (χ4v) is 2.58. The van der Waals surface area contributed by atoms with Crippen molar-refractivity contribution in [3.8, 4) is 11.5 Å². The number of imidazole rings is 1. The maximum Gasteiger partial charge on any atom is 0.335 e. The van der Waals surface area contributed by atoms with Crippen LogP contribution in [0.15, 0.2) is 36.8 Å². The zero-order valence-electron chi connectivity index (χ0n) is 14.1. The van der Waals surface area contributed by atoms with Crippen LogP contribution in [0.25, 0.3) is 11.5 Å². The summed E-state index contributed by atoms with van der Waals surface area (Å²) in [5.41, 5.74) is 1.73. The lowest BCUT2D eigenvalue weighted by atomic mass is 10.2. The lowest BCUT2D eigenvalue weighted by molar-refractivity contribution is 0.0697. The van der Waals surface area contributed by atoms with E-state index in [-0.39, 0.29) is 11.6 Å². The molecule has 0 atom stereocenters. The molecule has 0 bridgehead atoms. The maximum absolute atomic E-state index is 10.9. The molecule has 0 saturated heterocycles. The molecule has 0 saturated carbocycles. The topological polar surface area (TPSA) is 106 Å². The molecule has 0 aliphatic carbocycles. The Morgan fingerprint density at radius 3 is 2.52 bits per heavy atom. The molecule has 8 nitrogen and oxygen atoms in total. The fourth-order valence-electron chi connectivity index (χ4n) is 2.58. The second-order valence-electron chi connectivity index (χ2n) is 5.79. The van der Waals surface area contributed by atoms with E-state index >= 15 is 0 Å². The van der Waals surface area contributed by atoms with Gasteiger partial charge in [-0.2, -0.15) is 4.98 Å². The third kappa shape index (κ3) is 3.47. The Bertz CT molecular complexity index is 902. The predicted octanol–water partition coefficient (Wildman–Crippen LogP) is 3.07. The second-order valence-corrected chi connectivity index (χ2v) is 5.79. The molecule has 0 amide bonds. The zero-order valence-corrected chi connectivity index (χ0v) is 14.1. The quantitative estimate of drug-likeness (QED) is 0.736. The van der Waals surface area contributed by atoms with Crippen LogP contribution in [0.4, 0.5) is 11.6 Å². The Kier molecular flexibility index (Phi) is 4.42. The number of carboxylic acids is 1. The van der Waals surface area contributed by atoms with E-state index in [1.807, 2.05) is 6.92 Å². The number of carboxylic acid groups (broad SMARTS) is 1. The predicted molar refractivity (Wildman–Crippen MR) is 92.9 cm³/mol. The van der Waals surface area contributed by atoms with Gasteiger partial charge in [-0.05, 0) is 45.0 Å². The number of hydrogen-bond acceptors (Lipinski definition) is 6. The van der Waals surface area contributed by atoms with E-state index in [9.17, 15) is 4.79 Å². The number of nitrogens with one attached hydrogen (secondary N) is 1. The lowest BCUT2D eigenvalue weighted by Crippen LogP contribution is -2.07. The first-order valence-corrected chi connectivity index (χ1v) is 7.79. The number of benzene rings is 1. The van der Waals surface area contributed by atoms with Crippen LogP contribution in [-0.4, -0.2) is 35.6 Å². The number of rotatable bonds is 5. The summed E-state index contributed by atoms with van der Waals surface area (Å²) in [6.07, 6.45) is 3.18. The van der Waals surface area contributed by atoms with E-state index in [0.29, 0.717) is 17.5 Å². The number of nitrogens with zero attached hydrogens (tertiary/aromatic N) is 5. The molecule has 0 aliphatic rings. The first-order chi connectivity index (χ1) is 12.0. The van der Waals surface area contributed by atoms with Crippen molar-refractivity contribution in [3.05, 3.63) is 48.2 Å². The Labute approximate surface area is 144 Å². The van der Waals surface area contributed by atoms with Gasteiger partial charge in [0.1, 0.15) is 17.8 Å². The Balaban J connectivity index is 1.88. The smallest absolute Gasteiger partial charge is 0.335 e. The third-order valence-electron chi connectivity index (χ3n) is 3.69. The molecule has 0 unspecified atom stereocenters. The van der Waals surface area contributed by atoms with Gasteiger partial charge in [-0.15, -0.1) is 0 Å². The van der Waals surface area contributed by atoms with Crippen molar-refractivity contribution in [2.45, 2.75) is 26.8 Å². The van der Waals surface area contributed by atoms with E-state index in [2.05, 4.69) is 43.7 Å². The number of anilines is 2. The molecule has 2 heterocycles. The minimum Gasteiger partial charge on any atom is -0.478 e. The van der Waals surface area contributed by atoms with Gasteiger partial charge in [-0.1, -0.05) is 0 Å². The van der Waals surface area contributed by atoms with Gasteiger partial charge >= 0.3 is 5.97 Å². The van der Waals surface area contributed by atoms with Crippen molar-refractivity contribution in [1.29, 1.82) is 0 Å². The second kappa shape index (κ2) is 6.68. The molecule has 25 heavy (non-hydrogen) atoms. The van der Waals surface area contributed by atoms with Crippen LogP contribution in [0.2, 0.25) is 0 Å². The van der Waals surface area contributed by atoms with Crippen LogP contribution in [0.1, 0.15) is 36.1 Å². The zero-order chi connectivity index (χ0) is 18.0. The summed E-state index contributed by atoms with van der Waals surface area (Å²) in [5.74, 6) is 0.826. The molecule has 1 aromatic carbocycles. The summed E-state index contributed by atoms with van der Waals surface area (Å²) in [5, 5.41) is 12.0. The number of hydrogen-bond donors (Lipinski definition) is 2. The SMILES string of the molecule is Cc1ncc(-c2ncnc(Nc3ccc(C(=O)O)cc3)n2)n1C(C)C. The molecule has 128 valence electrons. The summed E-state index contributed by atoms with van der Waals surface area (Å²) in [6, 6.07) is 6.59. The molecule has 3 aromatic rings. The van der Waals surface area contributed by atoms with E-state index in [1.54, 1.807) is 18.3 Å². The maximum atomic E-state index is 10.9. The summed E-state index contributed by atoms with van der Waals surface area (Å²) in [7, 11) is 0. The van der Waals surface area contributed by atoms with Gasteiger partial charge in [0.25, 0.3) is 0 Å². The highest BCUT2D eigenvalue weighted by Gasteiger charge is 2.14. The van der Waals surface area contributed by atoms with Gasteiger partial charge in [0.05, 0.1) is 11.8 Å². The standard InChI is InChI=1S/C17H18N6O2/c1-10(2)23-11(3)18-8-14(23)15-19-9-20-17(22-15)21-13-6-4-12(5-7-13)16(24)25/h4-10H,1-3H3,(H,24,25)(H,19,20,21,22). The molecule has 0 fully saturated rings. The van der Waals surface area contributed by atoms with Crippen LogP contribution in [-0.2, 0) is 0 Å². The minimum absolute atomic E-state index is 0.221. The molecular formula is C17H18N6O2. The van der Waals surface area contributed by atoms with Crippen LogP contribution < -0.4 is 5.32 Å². The van der Waals surface area contributed by atoms with Crippen LogP contribution in [0.3, 0.4) is 0 Å². The Morgan fingerprint density at radius 1 is 1.16 bits per heavy atom. The van der Waals surface area contributed by atoms with Gasteiger partial charge in [-0.3, -0.25) is 0 Å². The molecule has 3 rings (SSSR count). The number of carbonyl (C=O) groups is 1. The molecular weight excluding hydrogens is 320 g/mol. The van der Waals surface area contributed by atoms with Crippen LogP contribution in [0.5, 0.6) is 0 Å². The average molecular weight is 338 g/mol. The van der Waals surface area contributed by atoms with Gasteiger partial charge in [-0.25, -0.2) is 19.7 Å². The van der Waals surface area contributed by atoms with Gasteiger partial charge < -0.3 is 15.0 Å². The van der Waals surface area contributed by atoms with Crippen molar-refractivity contribution >= 4 is 17.6 Å². The average Bonchev–Trinajstić information content (AvgIpc) is 2.97. The highest BCUT2D eigenvalue weighted by Crippen LogP contribution is 2.22. The molecule has 0 radical (unpaired) electrons. The highest BCUT2D eigenvalue weighted by atomic mass is 16.4. The summed E-state index contributed by atoms with van der Waals surface area (Å²) in [4.78, 5) is 28.0. The highest BCUT2D eigenvalue weighted by molar-refractivity contribution is 5.88. The van der Waals surface area contributed by atoms with Crippen LogP contribution in [0, 0.1) is 6.92 Å². The van der Waals surface area contributed by atoms with E-state index < -0.39 is 5.97 Å². The molecule has 0 aliphatic heterocycles. The Hall–Kier alpha value is -3.29. The first-order valence-electron chi connectivity index (χ1n) is 7.79. The molecule has 0 spiro atoms.